The molecule has 26 heavy (non-hydrogen) atoms. The van der Waals surface area contributed by atoms with E-state index in [4.69, 9.17) is 21.7 Å². The number of nitrogens with zero attached hydrogens (tertiary/aromatic N) is 1. The van der Waals surface area contributed by atoms with Crippen molar-refractivity contribution in [1.29, 1.82) is 0 Å². The summed E-state index contributed by atoms with van der Waals surface area (Å²) < 4.78 is 11.9. The summed E-state index contributed by atoms with van der Waals surface area (Å²) in [5, 5.41) is 5.86. The Morgan fingerprint density at radius 1 is 1.35 bits per heavy atom. The first-order chi connectivity index (χ1) is 12.2. The highest BCUT2D eigenvalue weighted by molar-refractivity contribution is 7.80. The minimum Gasteiger partial charge on any atom is -0.480 e. The standard InChI is InChI=1S/C19H22N2O3S2/c1-10-11(2)16-14(12(3)15(10)23-13(4)22)6-7-19(5,24-16)17(25)21-18-20-8-9-26-18/h8-9H,6-7H2,1-5H3,(H,20,21,25). The molecule has 2 aromatic rings. The topological polar surface area (TPSA) is 60.5 Å². The van der Waals surface area contributed by atoms with E-state index in [9.17, 15) is 4.79 Å². The molecule has 1 aliphatic rings. The van der Waals surface area contributed by atoms with Gasteiger partial charge in [-0.3, -0.25) is 4.79 Å². The Morgan fingerprint density at radius 3 is 2.69 bits per heavy atom. The molecule has 1 aromatic carbocycles. The number of hydrogen-bond acceptors (Lipinski definition) is 6. The lowest BCUT2D eigenvalue weighted by Gasteiger charge is -2.38. The Kier molecular flexibility index (Phi) is 5.03. The molecule has 1 aliphatic heterocycles. The molecule has 1 N–H and O–H groups in total. The van der Waals surface area contributed by atoms with E-state index in [-0.39, 0.29) is 5.97 Å². The van der Waals surface area contributed by atoms with Gasteiger partial charge in [-0.05, 0) is 57.2 Å². The maximum atomic E-state index is 11.5. The maximum Gasteiger partial charge on any atom is 0.308 e. The van der Waals surface area contributed by atoms with Crippen molar-refractivity contribution in [1.82, 2.24) is 4.98 Å². The number of fused-ring (bicyclic) bond motifs is 1. The second-order valence-electron chi connectivity index (χ2n) is 6.73. The molecule has 0 aliphatic carbocycles. The number of aromatic nitrogens is 1. The zero-order valence-corrected chi connectivity index (χ0v) is 17.2. The largest absolute Gasteiger partial charge is 0.480 e. The van der Waals surface area contributed by atoms with Crippen molar-refractivity contribution in [2.45, 2.75) is 53.1 Å². The number of thiocarbonyl (C=S) groups is 1. The molecule has 2 heterocycles. The molecule has 5 nitrogen and oxygen atoms in total. The Hall–Kier alpha value is -1.99. The number of carbonyl (C=O) groups is 1. The Bertz CT molecular complexity index is 878. The van der Waals surface area contributed by atoms with Gasteiger partial charge in [-0.25, -0.2) is 4.98 Å². The van der Waals surface area contributed by atoms with Gasteiger partial charge in [0.15, 0.2) is 10.7 Å². The highest BCUT2D eigenvalue weighted by atomic mass is 32.1. The second-order valence-corrected chi connectivity index (χ2v) is 8.03. The number of benzene rings is 1. The summed E-state index contributed by atoms with van der Waals surface area (Å²) >= 11 is 7.12. The first-order valence-electron chi connectivity index (χ1n) is 8.44. The molecule has 0 saturated heterocycles. The second kappa shape index (κ2) is 6.96. The summed E-state index contributed by atoms with van der Waals surface area (Å²) in [5.41, 5.74) is 3.32. The van der Waals surface area contributed by atoms with Crippen molar-refractivity contribution in [2.24, 2.45) is 0 Å². The molecule has 0 fully saturated rings. The first kappa shape index (κ1) is 18.8. The quantitative estimate of drug-likeness (QED) is 0.472. The van der Waals surface area contributed by atoms with Crippen molar-refractivity contribution in [2.75, 3.05) is 5.32 Å². The van der Waals surface area contributed by atoms with E-state index >= 15 is 0 Å². The van der Waals surface area contributed by atoms with Crippen molar-refractivity contribution in [3.05, 3.63) is 33.8 Å². The van der Waals surface area contributed by atoms with Crippen LogP contribution in [0.4, 0.5) is 5.13 Å². The first-order valence-corrected chi connectivity index (χ1v) is 9.72. The van der Waals surface area contributed by atoms with Gasteiger partial charge in [0, 0.05) is 24.1 Å². The number of anilines is 1. The molecule has 1 aromatic heterocycles. The van der Waals surface area contributed by atoms with Crippen LogP contribution in [0.25, 0.3) is 0 Å². The van der Waals surface area contributed by atoms with Crippen molar-refractivity contribution in [3.8, 4) is 11.5 Å². The van der Waals surface area contributed by atoms with Crippen LogP contribution in [0.5, 0.6) is 11.5 Å². The minimum atomic E-state index is -0.611. The molecule has 1 unspecified atom stereocenters. The van der Waals surface area contributed by atoms with Gasteiger partial charge in [-0.2, -0.15) is 0 Å². The highest BCUT2D eigenvalue weighted by Gasteiger charge is 2.38. The van der Waals surface area contributed by atoms with Gasteiger partial charge in [-0.15, -0.1) is 11.3 Å². The molecule has 1 atom stereocenters. The fourth-order valence-corrected chi connectivity index (χ4v) is 4.04. The van der Waals surface area contributed by atoms with Crippen LogP contribution in [0.3, 0.4) is 0 Å². The number of rotatable bonds is 3. The molecule has 3 rings (SSSR count). The molecule has 7 heteroatoms. The van der Waals surface area contributed by atoms with Crippen LogP contribution < -0.4 is 14.8 Å². The van der Waals surface area contributed by atoms with Gasteiger partial charge in [0.2, 0.25) is 0 Å². The van der Waals surface area contributed by atoms with E-state index in [0.717, 1.165) is 46.0 Å². The van der Waals surface area contributed by atoms with Gasteiger partial charge in [-0.1, -0.05) is 12.2 Å². The molecule has 0 spiro atoms. The lowest BCUT2D eigenvalue weighted by atomic mass is 9.87. The molecular formula is C19H22N2O3S2. The fraction of sp³-hybridized carbons (Fsp3) is 0.421. The van der Waals surface area contributed by atoms with E-state index in [0.29, 0.717) is 10.7 Å². The molecule has 138 valence electrons. The normalized spacial score (nSPS) is 18.7. The predicted molar refractivity (Wildman–Crippen MR) is 108 cm³/mol. The van der Waals surface area contributed by atoms with Crippen LogP contribution >= 0.6 is 23.6 Å². The minimum absolute atomic E-state index is 0.314. The van der Waals surface area contributed by atoms with Crippen LogP contribution in [0, 0.1) is 20.8 Å². The summed E-state index contributed by atoms with van der Waals surface area (Å²) in [6, 6.07) is 0. The van der Waals surface area contributed by atoms with Crippen LogP contribution in [0.15, 0.2) is 11.6 Å². The predicted octanol–water partition coefficient (Wildman–Crippen LogP) is 4.52. The summed E-state index contributed by atoms with van der Waals surface area (Å²) in [6.45, 7) is 9.33. The molecular weight excluding hydrogens is 368 g/mol. The van der Waals surface area contributed by atoms with E-state index in [1.54, 1.807) is 6.20 Å². The van der Waals surface area contributed by atoms with E-state index in [1.807, 2.05) is 33.1 Å². The third-order valence-corrected chi connectivity index (χ3v) is 6.09. The monoisotopic (exact) mass is 390 g/mol. The van der Waals surface area contributed by atoms with Crippen LogP contribution in [-0.4, -0.2) is 21.5 Å². The van der Waals surface area contributed by atoms with Gasteiger partial charge in [0.25, 0.3) is 0 Å². The third kappa shape index (κ3) is 3.33. The van der Waals surface area contributed by atoms with Crippen molar-refractivity contribution < 1.29 is 14.3 Å². The lowest BCUT2D eigenvalue weighted by Crippen LogP contribution is -2.47. The third-order valence-electron chi connectivity index (χ3n) is 4.87. The summed E-state index contributed by atoms with van der Waals surface area (Å²) in [6.07, 6.45) is 3.27. The summed E-state index contributed by atoms with van der Waals surface area (Å²) in [5.74, 6) is 1.17. The van der Waals surface area contributed by atoms with E-state index in [2.05, 4.69) is 10.3 Å². The number of nitrogens with one attached hydrogen (secondary N) is 1. The Morgan fingerprint density at radius 2 is 2.08 bits per heavy atom. The van der Waals surface area contributed by atoms with Crippen molar-refractivity contribution >= 4 is 39.6 Å². The maximum absolute atomic E-state index is 11.5. The number of ether oxygens (including phenoxy) is 2. The molecule has 0 saturated carbocycles. The average Bonchev–Trinajstić information content (AvgIpc) is 3.09. The number of carbonyl (C=O) groups excluding carboxylic acids is 1. The highest BCUT2D eigenvalue weighted by Crippen LogP contribution is 2.44. The average molecular weight is 391 g/mol. The van der Waals surface area contributed by atoms with E-state index < -0.39 is 5.60 Å². The van der Waals surface area contributed by atoms with Gasteiger partial charge in [0.1, 0.15) is 16.5 Å². The van der Waals surface area contributed by atoms with Gasteiger partial charge < -0.3 is 14.8 Å². The Labute approximate surface area is 162 Å². The summed E-state index contributed by atoms with van der Waals surface area (Å²) in [7, 11) is 0. The number of esters is 1. The molecule has 0 bridgehead atoms. The zero-order valence-electron chi connectivity index (χ0n) is 15.6. The molecule has 0 amide bonds. The fourth-order valence-electron chi connectivity index (χ4n) is 3.21. The van der Waals surface area contributed by atoms with Gasteiger partial charge >= 0.3 is 5.97 Å². The van der Waals surface area contributed by atoms with Gasteiger partial charge in [0.05, 0.1) is 0 Å². The van der Waals surface area contributed by atoms with Crippen LogP contribution in [-0.2, 0) is 11.2 Å². The van der Waals surface area contributed by atoms with E-state index in [1.165, 1.54) is 18.3 Å². The van der Waals surface area contributed by atoms with Crippen LogP contribution in [0.1, 0.15) is 42.5 Å². The van der Waals surface area contributed by atoms with Crippen LogP contribution in [0.2, 0.25) is 0 Å². The summed E-state index contributed by atoms with van der Waals surface area (Å²) in [4.78, 5) is 16.3. The zero-order chi connectivity index (χ0) is 19.1. The van der Waals surface area contributed by atoms with Crippen molar-refractivity contribution in [3.63, 3.8) is 0 Å². The smallest absolute Gasteiger partial charge is 0.308 e. The SMILES string of the molecule is CC(=O)Oc1c(C)c(C)c2c(c1C)CCC(C)(C(=S)Nc1nccs1)O2. The number of hydrogen-bond donors (Lipinski definition) is 1. The number of thiazole rings is 1. The molecule has 0 radical (unpaired) electrons. The Balaban J connectivity index is 1.95. The lowest BCUT2D eigenvalue weighted by molar-refractivity contribution is -0.132.